The number of hydrogen-bond acceptors (Lipinski definition) is 8. The van der Waals surface area contributed by atoms with Gasteiger partial charge in [-0.1, -0.05) is 23.4 Å². The number of anilines is 1. The van der Waals surface area contributed by atoms with Crippen molar-refractivity contribution < 1.29 is 31.2 Å². The number of nitrogens with zero attached hydrogens (tertiary/aromatic N) is 1. The van der Waals surface area contributed by atoms with Gasteiger partial charge in [0.15, 0.2) is 0 Å². The Kier molecular flexibility index (Phi) is 6.93. The topological polar surface area (TPSA) is 113 Å². The Morgan fingerprint density at radius 1 is 1.16 bits per heavy atom. The van der Waals surface area contributed by atoms with Gasteiger partial charge in [-0.05, 0) is 69.9 Å². The van der Waals surface area contributed by atoms with Crippen molar-refractivity contribution in [3.05, 3.63) is 53.1 Å². The molecule has 1 aliphatic rings. The minimum Gasteiger partial charge on any atom is -0.491 e. The summed E-state index contributed by atoms with van der Waals surface area (Å²) in [5.74, 6) is 0.688. The number of ether oxygens (including phenoxy) is 2. The zero-order chi connectivity index (χ0) is 23.4. The maximum absolute atomic E-state index is 11.9. The summed E-state index contributed by atoms with van der Waals surface area (Å²) in [6, 6.07) is 10.4. The quantitative estimate of drug-likeness (QED) is 0.329. The molecule has 32 heavy (non-hydrogen) atoms. The Hall–Kier alpha value is -3.27. The summed E-state index contributed by atoms with van der Waals surface area (Å²) in [5.41, 5.74) is 2.56. The second-order valence-corrected chi connectivity index (χ2v) is 8.93. The third kappa shape index (κ3) is 5.91. The number of carbonyl (C=O) groups excluding carboxylic acids is 1. The minimum atomic E-state index is -4.31. The van der Waals surface area contributed by atoms with Gasteiger partial charge in [-0.25, -0.2) is 9.08 Å². The summed E-state index contributed by atoms with van der Waals surface area (Å²) in [5, 5.41) is 6.13. The molecule has 1 N–H and O–H groups in total. The van der Waals surface area contributed by atoms with Crippen molar-refractivity contribution in [2.24, 2.45) is 5.16 Å². The molecule has 172 valence electrons. The Bertz CT molecular complexity index is 1130. The number of oxime groups is 1. The van der Waals surface area contributed by atoms with Crippen LogP contribution in [0.2, 0.25) is 0 Å². The zero-order valence-electron chi connectivity index (χ0n) is 18.4. The van der Waals surface area contributed by atoms with Gasteiger partial charge in [-0.15, -0.1) is 8.42 Å². The first-order valence-corrected chi connectivity index (χ1v) is 11.4. The molecular weight excluding hydrogens is 436 g/mol. The molecule has 0 aromatic heterocycles. The lowest BCUT2D eigenvalue weighted by atomic mass is 9.94. The second kappa shape index (κ2) is 9.47. The van der Waals surface area contributed by atoms with Crippen LogP contribution in [0.1, 0.15) is 43.4 Å². The molecule has 0 atom stereocenters. The van der Waals surface area contributed by atoms with Crippen molar-refractivity contribution in [3.63, 3.8) is 0 Å². The van der Waals surface area contributed by atoms with E-state index in [9.17, 15) is 13.2 Å². The van der Waals surface area contributed by atoms with E-state index in [2.05, 4.69) is 14.8 Å². The Morgan fingerprint density at radius 2 is 1.94 bits per heavy atom. The highest BCUT2D eigenvalue weighted by atomic mass is 32.3. The summed E-state index contributed by atoms with van der Waals surface area (Å²) in [4.78, 5) is 11.8. The smallest absolute Gasteiger partial charge is 0.491 e. The average Bonchev–Trinajstić information content (AvgIpc) is 2.69. The first kappa shape index (κ1) is 23.4. The Labute approximate surface area is 187 Å². The number of aryl methyl sites for hydroxylation is 2. The van der Waals surface area contributed by atoms with Crippen LogP contribution in [0.5, 0.6) is 11.5 Å². The van der Waals surface area contributed by atoms with E-state index < -0.39 is 22.1 Å². The summed E-state index contributed by atoms with van der Waals surface area (Å²) >= 11 is 0. The van der Waals surface area contributed by atoms with E-state index in [4.69, 9.17) is 13.7 Å². The minimum absolute atomic E-state index is 0.156. The lowest BCUT2D eigenvalue weighted by molar-refractivity contribution is 0.0416. The molecule has 1 aliphatic heterocycles. The molecule has 0 bridgehead atoms. The van der Waals surface area contributed by atoms with E-state index in [1.165, 1.54) is 6.21 Å². The monoisotopic (exact) mass is 462 g/mol. The highest BCUT2D eigenvalue weighted by molar-refractivity contribution is 7.82. The predicted molar refractivity (Wildman–Crippen MR) is 119 cm³/mol. The van der Waals surface area contributed by atoms with Gasteiger partial charge in [0.1, 0.15) is 17.1 Å². The Balaban J connectivity index is 1.46. The normalized spacial score (nSPS) is 14.9. The van der Waals surface area contributed by atoms with Gasteiger partial charge in [0.25, 0.3) is 0 Å². The number of cyclic esters (lactones) is 1. The van der Waals surface area contributed by atoms with Gasteiger partial charge in [0, 0.05) is 11.8 Å². The highest BCUT2D eigenvalue weighted by Gasteiger charge is 2.34. The number of nitrogens with one attached hydrogen (secondary N) is 1. The van der Waals surface area contributed by atoms with Crippen LogP contribution in [-0.2, 0) is 25.0 Å². The maximum atomic E-state index is 11.9. The molecule has 9 nitrogen and oxygen atoms in total. The fourth-order valence-electron chi connectivity index (χ4n) is 3.09. The van der Waals surface area contributed by atoms with E-state index in [1.807, 2.05) is 39.8 Å². The molecular formula is C22H26N2O7S. The summed E-state index contributed by atoms with van der Waals surface area (Å²) in [7, 11) is -4.31. The van der Waals surface area contributed by atoms with E-state index in [-0.39, 0.29) is 5.75 Å². The van der Waals surface area contributed by atoms with Gasteiger partial charge < -0.3 is 13.7 Å². The third-order valence-corrected chi connectivity index (χ3v) is 5.54. The van der Waals surface area contributed by atoms with Crippen LogP contribution in [0.25, 0.3) is 0 Å². The van der Waals surface area contributed by atoms with Crippen LogP contribution < -0.4 is 14.2 Å². The molecule has 3 rings (SSSR count). The van der Waals surface area contributed by atoms with Crippen molar-refractivity contribution in [2.75, 3.05) is 11.9 Å². The van der Waals surface area contributed by atoms with Crippen LogP contribution in [0.3, 0.4) is 0 Å². The number of amides is 1. The predicted octanol–water partition coefficient (Wildman–Crippen LogP) is 4.59. The number of benzene rings is 2. The van der Waals surface area contributed by atoms with Gasteiger partial charge in [-0.2, -0.15) is 0 Å². The second-order valence-electron chi connectivity index (χ2n) is 7.79. The van der Waals surface area contributed by atoms with Crippen molar-refractivity contribution in [2.45, 2.75) is 46.1 Å². The largest absolute Gasteiger partial charge is 0.521 e. The molecule has 2 aromatic rings. The van der Waals surface area contributed by atoms with Crippen molar-refractivity contribution in [1.29, 1.82) is 0 Å². The highest BCUT2D eigenvalue weighted by Crippen LogP contribution is 2.40. The maximum Gasteiger partial charge on any atom is 0.521 e. The summed E-state index contributed by atoms with van der Waals surface area (Å²) < 4.78 is 44.2. The molecule has 0 unspecified atom stereocenters. The fourth-order valence-corrected chi connectivity index (χ4v) is 3.62. The van der Waals surface area contributed by atoms with Crippen LogP contribution >= 0.6 is 0 Å². The number of hydrogen-bond donors (Lipinski definition) is 1. The van der Waals surface area contributed by atoms with E-state index in [0.29, 0.717) is 30.9 Å². The van der Waals surface area contributed by atoms with Gasteiger partial charge in [0.2, 0.25) is 0 Å². The molecule has 0 radical (unpaired) electrons. The van der Waals surface area contributed by atoms with Gasteiger partial charge >= 0.3 is 16.5 Å². The first-order valence-electron chi connectivity index (χ1n) is 10.1. The number of fused-ring (bicyclic) bond motifs is 1. The van der Waals surface area contributed by atoms with Crippen LogP contribution in [0, 0.1) is 13.8 Å². The fraction of sp³-hybridized carbons (Fsp3) is 0.364. The summed E-state index contributed by atoms with van der Waals surface area (Å²) in [6.07, 6.45) is 1.74. The number of carbonyl (C=O) groups is 1. The zero-order valence-corrected chi connectivity index (χ0v) is 19.2. The molecule has 1 heterocycles. The van der Waals surface area contributed by atoms with Gasteiger partial charge in [-0.3, -0.25) is 5.32 Å². The number of unbranched alkanes of at least 4 members (excludes halogenated alkanes) is 1. The first-order chi connectivity index (χ1) is 15.1. The molecule has 0 saturated carbocycles. The molecule has 0 spiro atoms. The van der Waals surface area contributed by atoms with E-state index in [0.717, 1.165) is 16.7 Å². The molecule has 0 saturated heterocycles. The molecule has 2 aromatic carbocycles. The van der Waals surface area contributed by atoms with E-state index >= 15 is 0 Å². The molecule has 10 heteroatoms. The lowest BCUT2D eigenvalue weighted by Crippen LogP contribution is -2.34. The van der Waals surface area contributed by atoms with Crippen molar-refractivity contribution in [1.82, 2.24) is 0 Å². The van der Waals surface area contributed by atoms with Crippen molar-refractivity contribution in [3.8, 4) is 11.5 Å². The SMILES string of the molecule is Cc1ccc(OS(=O)(=O)ON=CCCCOc2cccc3c2NC(=O)OC3(C)C)cc1C. The molecule has 0 fully saturated rings. The van der Waals surface area contributed by atoms with Crippen LogP contribution in [0.4, 0.5) is 10.5 Å². The third-order valence-electron chi connectivity index (χ3n) is 4.87. The van der Waals surface area contributed by atoms with Crippen LogP contribution in [0.15, 0.2) is 41.6 Å². The summed E-state index contributed by atoms with van der Waals surface area (Å²) in [6.45, 7) is 7.70. The van der Waals surface area contributed by atoms with Crippen LogP contribution in [-0.4, -0.2) is 27.3 Å². The van der Waals surface area contributed by atoms with E-state index in [1.54, 1.807) is 24.3 Å². The molecule has 1 amide bonds. The molecule has 0 aliphatic carbocycles. The number of rotatable bonds is 9. The van der Waals surface area contributed by atoms with Gasteiger partial charge in [0.05, 0.1) is 12.3 Å². The number of para-hydroxylation sites is 1. The van der Waals surface area contributed by atoms with Crippen molar-refractivity contribution >= 4 is 28.4 Å². The lowest BCUT2D eigenvalue weighted by Gasteiger charge is -2.33. The standard InChI is InChI=1S/C22H26N2O7S/c1-15-10-11-17(14-16(15)2)30-32(26,27)31-23-12-5-6-13-28-19-9-7-8-18-20(19)24-21(25)29-22(18,3)4/h7-12,14H,5-6,13H2,1-4H3,(H,24,25). The Morgan fingerprint density at radius 3 is 2.69 bits per heavy atom. The average molecular weight is 463 g/mol.